The zero-order chi connectivity index (χ0) is 24.1. The molecule has 2 atom stereocenters. The minimum Gasteiger partial charge on any atom is -0.480 e. The van der Waals surface area contributed by atoms with E-state index in [-0.39, 0.29) is 30.1 Å². The first-order chi connectivity index (χ1) is 16.5. The fourth-order valence-electron chi connectivity index (χ4n) is 4.37. The van der Waals surface area contributed by atoms with Crippen LogP contribution in [0.5, 0.6) is 5.75 Å². The Bertz CT molecular complexity index is 1150. The number of rotatable bonds is 7. The number of benzene rings is 3. The number of halogens is 1. The molecule has 1 aliphatic rings. The third kappa shape index (κ3) is 5.28. The van der Waals surface area contributed by atoms with Gasteiger partial charge in [-0.05, 0) is 54.3 Å². The lowest BCUT2D eigenvalue weighted by atomic mass is 10.0. The van der Waals surface area contributed by atoms with Crippen molar-refractivity contribution in [2.75, 3.05) is 5.32 Å². The molecule has 0 aromatic heterocycles. The maximum Gasteiger partial charge on any atom is 0.264 e. The van der Waals surface area contributed by atoms with E-state index in [2.05, 4.69) is 12.2 Å². The minimum atomic E-state index is -0.557. The Morgan fingerprint density at radius 2 is 1.82 bits per heavy atom. The van der Waals surface area contributed by atoms with Crippen molar-refractivity contribution < 1.29 is 18.7 Å². The van der Waals surface area contributed by atoms with E-state index in [0.29, 0.717) is 24.4 Å². The van der Waals surface area contributed by atoms with E-state index in [1.165, 1.54) is 12.1 Å². The fourth-order valence-corrected chi connectivity index (χ4v) is 4.37. The van der Waals surface area contributed by atoms with Crippen LogP contribution in [-0.4, -0.2) is 22.8 Å². The van der Waals surface area contributed by atoms with Crippen molar-refractivity contribution in [3.63, 3.8) is 0 Å². The molecule has 0 aliphatic carbocycles. The second kappa shape index (κ2) is 10.5. The maximum absolute atomic E-state index is 13.4. The molecule has 3 aromatic rings. The molecule has 0 saturated carbocycles. The summed E-state index contributed by atoms with van der Waals surface area (Å²) >= 11 is 0. The highest BCUT2D eigenvalue weighted by atomic mass is 19.1. The number of ether oxygens (including phenoxy) is 1. The Morgan fingerprint density at radius 3 is 2.50 bits per heavy atom. The molecular weight excluding hydrogens is 431 g/mol. The molecule has 176 valence electrons. The van der Waals surface area contributed by atoms with Crippen molar-refractivity contribution in [1.29, 1.82) is 0 Å². The van der Waals surface area contributed by atoms with Gasteiger partial charge in [0.2, 0.25) is 5.91 Å². The molecule has 0 fully saturated rings. The van der Waals surface area contributed by atoms with Gasteiger partial charge in [0.1, 0.15) is 11.6 Å². The average molecular weight is 461 g/mol. The maximum atomic E-state index is 13.4. The number of anilines is 1. The van der Waals surface area contributed by atoms with Gasteiger partial charge in [0.05, 0.1) is 19.0 Å². The molecule has 0 spiro atoms. The largest absolute Gasteiger partial charge is 0.480 e. The van der Waals surface area contributed by atoms with Crippen molar-refractivity contribution >= 4 is 17.5 Å². The third-order valence-corrected chi connectivity index (χ3v) is 6.11. The zero-order valence-electron chi connectivity index (χ0n) is 19.5. The van der Waals surface area contributed by atoms with Gasteiger partial charge in [-0.25, -0.2) is 4.39 Å². The van der Waals surface area contributed by atoms with Gasteiger partial charge in [-0.15, -0.1) is 0 Å². The lowest BCUT2D eigenvalue weighted by Crippen LogP contribution is -2.41. The first kappa shape index (κ1) is 23.5. The molecule has 1 N–H and O–H groups in total. The molecule has 4 rings (SSSR count). The molecule has 0 bridgehead atoms. The standard InChI is InChI=1S/C28H29FN2O3/c1-3-24(20-8-6-5-7-9-20)31-18-21-17-23(14-15-26(21)34-25(4-2)28(31)33)30-27(32)16-19-10-12-22(29)13-11-19/h5-15,17,24-25H,3-4,16,18H2,1-2H3,(H,30,32). The van der Waals surface area contributed by atoms with E-state index in [4.69, 9.17) is 4.74 Å². The van der Waals surface area contributed by atoms with Crippen molar-refractivity contribution in [1.82, 2.24) is 4.90 Å². The summed E-state index contributed by atoms with van der Waals surface area (Å²) in [5, 5.41) is 2.91. The molecule has 0 radical (unpaired) electrons. The molecule has 1 heterocycles. The van der Waals surface area contributed by atoms with Crippen LogP contribution in [0.2, 0.25) is 0 Å². The summed E-state index contributed by atoms with van der Waals surface area (Å²) < 4.78 is 19.2. The van der Waals surface area contributed by atoms with Gasteiger partial charge in [-0.3, -0.25) is 9.59 Å². The summed E-state index contributed by atoms with van der Waals surface area (Å²) in [7, 11) is 0. The van der Waals surface area contributed by atoms with Crippen LogP contribution >= 0.6 is 0 Å². The monoisotopic (exact) mass is 460 g/mol. The molecule has 1 aliphatic heterocycles. The summed E-state index contributed by atoms with van der Waals surface area (Å²) in [5.74, 6) is 0.0925. The fraction of sp³-hybridized carbons (Fsp3) is 0.286. The van der Waals surface area contributed by atoms with E-state index in [1.54, 1.807) is 18.2 Å². The lowest BCUT2D eigenvalue weighted by molar-refractivity contribution is -0.141. The number of nitrogens with zero attached hydrogens (tertiary/aromatic N) is 1. The molecule has 34 heavy (non-hydrogen) atoms. The summed E-state index contributed by atoms with van der Waals surface area (Å²) in [5.41, 5.74) is 3.29. The van der Waals surface area contributed by atoms with Crippen LogP contribution in [0, 0.1) is 5.82 Å². The Hall–Kier alpha value is -3.67. The average Bonchev–Trinajstić information content (AvgIpc) is 2.98. The van der Waals surface area contributed by atoms with Crippen LogP contribution in [0.3, 0.4) is 0 Å². The van der Waals surface area contributed by atoms with Gasteiger partial charge in [0, 0.05) is 11.3 Å². The smallest absolute Gasteiger partial charge is 0.264 e. The molecule has 6 heteroatoms. The predicted octanol–water partition coefficient (Wildman–Crippen LogP) is 5.66. The van der Waals surface area contributed by atoms with E-state index < -0.39 is 6.10 Å². The predicted molar refractivity (Wildman–Crippen MR) is 130 cm³/mol. The summed E-state index contributed by atoms with van der Waals surface area (Å²) in [6, 6.07) is 21.3. The first-order valence-electron chi connectivity index (χ1n) is 11.7. The van der Waals surface area contributed by atoms with Crippen LogP contribution in [-0.2, 0) is 22.6 Å². The molecule has 2 amide bonds. The zero-order valence-corrected chi connectivity index (χ0v) is 19.5. The Balaban J connectivity index is 1.58. The number of carbonyl (C=O) groups excluding carboxylic acids is 2. The van der Waals surface area contributed by atoms with Gasteiger partial charge in [0.25, 0.3) is 5.91 Å². The number of fused-ring (bicyclic) bond motifs is 1. The Labute approximate surface area is 199 Å². The summed E-state index contributed by atoms with van der Waals surface area (Å²) in [6.45, 7) is 4.41. The van der Waals surface area contributed by atoms with Crippen LogP contribution in [0.15, 0.2) is 72.8 Å². The Kier molecular flexibility index (Phi) is 7.26. The van der Waals surface area contributed by atoms with Crippen molar-refractivity contribution in [3.05, 3.63) is 95.3 Å². The van der Waals surface area contributed by atoms with Gasteiger partial charge in [-0.1, -0.05) is 56.3 Å². The van der Waals surface area contributed by atoms with Crippen molar-refractivity contribution in [2.24, 2.45) is 0 Å². The minimum absolute atomic E-state index is 0.0312. The van der Waals surface area contributed by atoms with Gasteiger partial charge >= 0.3 is 0 Å². The normalized spacial score (nSPS) is 16.3. The quantitative estimate of drug-likeness (QED) is 0.495. The van der Waals surface area contributed by atoms with E-state index in [9.17, 15) is 14.0 Å². The van der Waals surface area contributed by atoms with Crippen LogP contribution in [0.25, 0.3) is 0 Å². The molecule has 2 unspecified atom stereocenters. The number of nitrogens with one attached hydrogen (secondary N) is 1. The van der Waals surface area contributed by atoms with E-state index in [1.807, 2.05) is 54.3 Å². The second-order valence-corrected chi connectivity index (χ2v) is 8.49. The van der Waals surface area contributed by atoms with E-state index in [0.717, 1.165) is 23.1 Å². The molecule has 5 nitrogen and oxygen atoms in total. The van der Waals surface area contributed by atoms with Crippen molar-refractivity contribution in [3.8, 4) is 5.75 Å². The van der Waals surface area contributed by atoms with Crippen molar-refractivity contribution in [2.45, 2.75) is 51.8 Å². The second-order valence-electron chi connectivity index (χ2n) is 8.49. The van der Waals surface area contributed by atoms with Crippen LogP contribution in [0.1, 0.15) is 49.4 Å². The number of hydrogen-bond donors (Lipinski definition) is 1. The number of amides is 2. The SMILES string of the molecule is CCC1Oc2ccc(NC(=O)Cc3ccc(F)cc3)cc2CN(C(CC)c2ccccc2)C1=O. The number of hydrogen-bond acceptors (Lipinski definition) is 3. The van der Waals surface area contributed by atoms with Gasteiger partial charge in [0.15, 0.2) is 6.10 Å². The third-order valence-electron chi connectivity index (χ3n) is 6.11. The molecule has 3 aromatic carbocycles. The highest BCUT2D eigenvalue weighted by molar-refractivity contribution is 5.92. The van der Waals surface area contributed by atoms with Crippen LogP contribution < -0.4 is 10.1 Å². The first-order valence-corrected chi connectivity index (χ1v) is 11.7. The van der Waals surface area contributed by atoms with Gasteiger partial charge < -0.3 is 15.0 Å². The van der Waals surface area contributed by atoms with Gasteiger partial charge in [-0.2, -0.15) is 0 Å². The molecule has 0 saturated heterocycles. The topological polar surface area (TPSA) is 58.6 Å². The number of carbonyl (C=O) groups is 2. The highest BCUT2D eigenvalue weighted by Gasteiger charge is 2.34. The van der Waals surface area contributed by atoms with Crippen LogP contribution in [0.4, 0.5) is 10.1 Å². The van der Waals surface area contributed by atoms with E-state index >= 15 is 0 Å². The molecular formula is C28H29FN2O3. The Morgan fingerprint density at radius 1 is 1.09 bits per heavy atom. The summed E-state index contributed by atoms with van der Waals surface area (Å²) in [6.07, 6.45) is 0.923. The summed E-state index contributed by atoms with van der Waals surface area (Å²) in [4.78, 5) is 27.9. The highest BCUT2D eigenvalue weighted by Crippen LogP contribution is 2.34. The lowest BCUT2D eigenvalue weighted by Gasteiger charge is -2.32.